The fourth-order valence-electron chi connectivity index (χ4n) is 4.28. The van der Waals surface area contributed by atoms with Crippen molar-refractivity contribution in [2.45, 2.75) is 58.2 Å². The number of piperidine rings is 2. The fraction of sp³-hybridized carbons (Fsp3) is 0.737. The van der Waals surface area contributed by atoms with Gasteiger partial charge in [0.1, 0.15) is 0 Å². The first-order valence-electron chi connectivity index (χ1n) is 9.59. The summed E-state index contributed by atoms with van der Waals surface area (Å²) in [6, 6.07) is 0. The lowest BCUT2D eigenvalue weighted by molar-refractivity contribution is -0.142. The topological polar surface area (TPSA) is 49.3 Å². The van der Waals surface area contributed by atoms with E-state index < -0.39 is 12.6 Å². The summed E-state index contributed by atoms with van der Waals surface area (Å²) in [4.78, 5) is 25.0. The van der Waals surface area contributed by atoms with Gasteiger partial charge in [0, 0.05) is 37.5 Å². The minimum absolute atomic E-state index is 0.0114. The van der Waals surface area contributed by atoms with Crippen LogP contribution in [-0.2, 0) is 11.3 Å². The molecule has 2 aliphatic heterocycles. The predicted octanol–water partition coefficient (Wildman–Crippen LogP) is 3.33. The molecule has 0 aliphatic carbocycles. The van der Waals surface area contributed by atoms with Gasteiger partial charge in [-0.3, -0.25) is 14.8 Å². The molecule has 1 aromatic heterocycles. The number of nitrogens with zero attached hydrogens (tertiary/aromatic N) is 4. The normalized spacial score (nSPS) is 24.6. The van der Waals surface area contributed by atoms with Crippen LogP contribution in [0.4, 0.5) is 13.2 Å². The van der Waals surface area contributed by atoms with Gasteiger partial charge in [-0.05, 0) is 45.7 Å². The number of hydrogen-bond acceptors (Lipinski definition) is 4. The number of amides is 1. The van der Waals surface area contributed by atoms with E-state index >= 15 is 0 Å². The summed E-state index contributed by atoms with van der Waals surface area (Å²) in [5.74, 6) is 0.122. The average Bonchev–Trinajstić information content (AvgIpc) is 2.60. The summed E-state index contributed by atoms with van der Waals surface area (Å²) < 4.78 is 37.2. The monoisotopic (exact) mass is 384 g/mol. The van der Waals surface area contributed by atoms with Crippen LogP contribution in [0, 0.1) is 12.3 Å². The van der Waals surface area contributed by atoms with Crippen LogP contribution in [-0.4, -0.2) is 58.0 Å². The summed E-state index contributed by atoms with van der Waals surface area (Å²) in [5.41, 5.74) is 1.59. The van der Waals surface area contributed by atoms with Gasteiger partial charge in [-0.1, -0.05) is 0 Å². The first kappa shape index (κ1) is 20.0. The second-order valence-electron chi connectivity index (χ2n) is 8.00. The molecule has 2 aliphatic rings. The zero-order valence-corrected chi connectivity index (χ0v) is 15.8. The van der Waals surface area contributed by atoms with Crippen molar-refractivity contribution in [1.82, 2.24) is 19.8 Å². The molecule has 1 atom stereocenters. The van der Waals surface area contributed by atoms with Crippen LogP contribution in [0.15, 0.2) is 12.4 Å². The highest BCUT2D eigenvalue weighted by molar-refractivity contribution is 5.77. The van der Waals surface area contributed by atoms with Crippen LogP contribution in [0.5, 0.6) is 0 Å². The van der Waals surface area contributed by atoms with Crippen molar-refractivity contribution in [2.75, 3.05) is 26.2 Å². The minimum Gasteiger partial charge on any atom is -0.336 e. The van der Waals surface area contributed by atoms with Crippen molar-refractivity contribution >= 4 is 5.91 Å². The smallest absolute Gasteiger partial charge is 0.336 e. The third-order valence-electron chi connectivity index (χ3n) is 5.61. The predicted molar refractivity (Wildman–Crippen MR) is 94.8 cm³/mol. The molecule has 1 amide bonds. The van der Waals surface area contributed by atoms with E-state index in [2.05, 4.69) is 14.9 Å². The summed E-state index contributed by atoms with van der Waals surface area (Å²) in [6.07, 6.45) is 2.03. The second-order valence-corrected chi connectivity index (χ2v) is 8.00. The molecule has 3 rings (SSSR count). The largest absolute Gasteiger partial charge is 0.389 e. The Hall–Kier alpha value is -1.70. The Morgan fingerprint density at radius 1 is 1.19 bits per heavy atom. The van der Waals surface area contributed by atoms with Gasteiger partial charge in [-0.2, -0.15) is 13.2 Å². The van der Waals surface area contributed by atoms with Crippen LogP contribution >= 0.6 is 0 Å². The minimum atomic E-state index is -4.09. The second kappa shape index (κ2) is 8.12. The first-order valence-corrected chi connectivity index (χ1v) is 9.59. The van der Waals surface area contributed by atoms with Gasteiger partial charge in [-0.25, -0.2) is 0 Å². The van der Waals surface area contributed by atoms with Crippen LogP contribution in [0.1, 0.15) is 49.9 Å². The van der Waals surface area contributed by atoms with E-state index in [1.807, 2.05) is 11.8 Å². The number of halogens is 3. The van der Waals surface area contributed by atoms with E-state index in [1.165, 1.54) is 0 Å². The van der Waals surface area contributed by atoms with Crippen LogP contribution < -0.4 is 0 Å². The van der Waals surface area contributed by atoms with Crippen molar-refractivity contribution < 1.29 is 18.0 Å². The van der Waals surface area contributed by atoms with Gasteiger partial charge in [0.05, 0.1) is 24.1 Å². The molecule has 2 fully saturated rings. The van der Waals surface area contributed by atoms with Gasteiger partial charge in [0.25, 0.3) is 0 Å². The number of hydrogen-bond donors (Lipinski definition) is 0. The lowest BCUT2D eigenvalue weighted by atomic mass is 9.73. The maximum absolute atomic E-state index is 12.4. The standard InChI is InChI=1S/C19H27F3N4O/c1-15-10-24-16(11-23-15)12-26-14-18(7-4-17(26)27)5-2-8-25(13-18)9-3-6-19(20,21)22/h10-11H,2-9,12-14H2,1H3/t18-/m1/s1. The van der Waals surface area contributed by atoms with E-state index in [9.17, 15) is 18.0 Å². The number of likely N-dealkylation sites (tertiary alicyclic amines) is 2. The third-order valence-corrected chi connectivity index (χ3v) is 5.61. The molecule has 27 heavy (non-hydrogen) atoms. The molecule has 3 heterocycles. The van der Waals surface area contributed by atoms with Gasteiger partial charge in [-0.15, -0.1) is 0 Å². The summed E-state index contributed by atoms with van der Waals surface area (Å²) in [7, 11) is 0. The number of carbonyl (C=O) groups excluding carboxylic acids is 1. The number of carbonyl (C=O) groups is 1. The van der Waals surface area contributed by atoms with Crippen molar-refractivity contribution in [3.8, 4) is 0 Å². The number of aromatic nitrogens is 2. The zero-order valence-electron chi connectivity index (χ0n) is 15.8. The molecular weight excluding hydrogens is 357 g/mol. The number of aryl methyl sites for hydroxylation is 1. The molecule has 5 nitrogen and oxygen atoms in total. The molecule has 1 aromatic rings. The molecule has 0 N–H and O–H groups in total. The molecular formula is C19H27F3N4O. The SMILES string of the molecule is Cc1cnc(CN2C[C@]3(CCCN(CCCC(F)(F)F)C3)CCC2=O)cn1. The van der Waals surface area contributed by atoms with Crippen molar-refractivity contribution in [3.63, 3.8) is 0 Å². The van der Waals surface area contributed by atoms with Crippen LogP contribution in [0.2, 0.25) is 0 Å². The van der Waals surface area contributed by atoms with E-state index in [4.69, 9.17) is 0 Å². The molecule has 1 spiro atoms. The molecule has 0 aromatic carbocycles. The summed E-state index contributed by atoms with van der Waals surface area (Å²) >= 11 is 0. The van der Waals surface area contributed by atoms with Crippen molar-refractivity contribution in [1.29, 1.82) is 0 Å². The Morgan fingerprint density at radius 3 is 2.70 bits per heavy atom. The fourth-order valence-corrected chi connectivity index (χ4v) is 4.28. The molecule has 2 saturated heterocycles. The third kappa shape index (κ3) is 5.64. The van der Waals surface area contributed by atoms with E-state index in [-0.39, 0.29) is 17.7 Å². The molecule has 0 bridgehead atoms. The lowest BCUT2D eigenvalue weighted by Gasteiger charge is -2.48. The van der Waals surface area contributed by atoms with Gasteiger partial charge in [0.2, 0.25) is 5.91 Å². The average molecular weight is 384 g/mol. The van der Waals surface area contributed by atoms with E-state index in [1.54, 1.807) is 12.4 Å². The Kier molecular flexibility index (Phi) is 6.03. The van der Waals surface area contributed by atoms with E-state index in [0.29, 0.717) is 26.1 Å². The number of rotatable bonds is 5. The summed E-state index contributed by atoms with van der Waals surface area (Å²) in [6.45, 7) is 5.05. The Bertz CT molecular complexity index is 649. The molecule has 8 heteroatoms. The molecule has 0 unspecified atom stereocenters. The molecule has 0 radical (unpaired) electrons. The molecule has 0 saturated carbocycles. The van der Waals surface area contributed by atoms with Crippen LogP contribution in [0.25, 0.3) is 0 Å². The zero-order chi connectivity index (χ0) is 19.5. The Labute approximate surface area is 158 Å². The quantitative estimate of drug-likeness (QED) is 0.781. The Balaban J connectivity index is 1.59. The van der Waals surface area contributed by atoms with Gasteiger partial charge < -0.3 is 9.80 Å². The van der Waals surface area contributed by atoms with E-state index in [0.717, 1.165) is 43.7 Å². The first-order chi connectivity index (χ1) is 12.7. The van der Waals surface area contributed by atoms with Gasteiger partial charge in [0.15, 0.2) is 0 Å². The van der Waals surface area contributed by atoms with Crippen LogP contribution in [0.3, 0.4) is 0 Å². The number of alkyl halides is 3. The van der Waals surface area contributed by atoms with Gasteiger partial charge >= 0.3 is 6.18 Å². The maximum Gasteiger partial charge on any atom is 0.389 e. The Morgan fingerprint density at radius 2 is 2.00 bits per heavy atom. The van der Waals surface area contributed by atoms with Crippen molar-refractivity contribution in [3.05, 3.63) is 23.8 Å². The lowest BCUT2D eigenvalue weighted by Crippen LogP contribution is -2.53. The highest BCUT2D eigenvalue weighted by atomic mass is 19.4. The molecule has 150 valence electrons. The van der Waals surface area contributed by atoms with Crippen molar-refractivity contribution in [2.24, 2.45) is 5.41 Å². The highest BCUT2D eigenvalue weighted by Crippen LogP contribution is 2.39. The summed E-state index contributed by atoms with van der Waals surface area (Å²) in [5, 5.41) is 0. The highest BCUT2D eigenvalue weighted by Gasteiger charge is 2.41. The maximum atomic E-state index is 12.4.